The maximum absolute atomic E-state index is 12.4. The van der Waals surface area contributed by atoms with Gasteiger partial charge >= 0.3 is 6.18 Å². The summed E-state index contributed by atoms with van der Waals surface area (Å²) in [7, 11) is 0. The fraction of sp³-hybridized carbons (Fsp3) is 0.300. The predicted molar refractivity (Wildman–Crippen MR) is 48.3 cm³/mol. The highest BCUT2D eigenvalue weighted by molar-refractivity contribution is 5.38. The summed E-state index contributed by atoms with van der Waals surface area (Å²) in [4.78, 5) is 0. The Labute approximate surface area is 80.8 Å². The number of hydrogen-bond donors (Lipinski definition) is 0. The molecule has 0 amide bonds. The van der Waals surface area contributed by atoms with Crippen LogP contribution in [0.15, 0.2) is 36.0 Å². The van der Waals surface area contributed by atoms with Crippen LogP contribution in [0.25, 0.3) is 0 Å². The number of halogens is 3. The normalized spacial score (nSPS) is 13.6. The molecule has 4 heteroatoms. The third-order valence-electron chi connectivity index (χ3n) is 1.55. The van der Waals surface area contributed by atoms with Crippen molar-refractivity contribution in [2.45, 2.75) is 19.5 Å². The van der Waals surface area contributed by atoms with Gasteiger partial charge in [-0.25, -0.2) is 0 Å². The predicted octanol–water partition coefficient (Wildman–Crippen LogP) is 3.52. The van der Waals surface area contributed by atoms with E-state index in [9.17, 15) is 13.2 Å². The maximum Gasteiger partial charge on any atom is 0.416 e. The lowest BCUT2D eigenvalue weighted by Crippen LogP contribution is -2.13. The summed E-state index contributed by atoms with van der Waals surface area (Å²) >= 11 is 0. The molecular weight excluding hydrogens is 191 g/mol. The van der Waals surface area contributed by atoms with Gasteiger partial charge in [0.1, 0.15) is 0 Å². The first kappa shape index (κ1) is 12.5. The van der Waals surface area contributed by atoms with Gasteiger partial charge in [0.25, 0.3) is 0 Å². The van der Waals surface area contributed by atoms with Gasteiger partial charge in [-0.2, -0.15) is 18.4 Å². The Hall–Kier alpha value is -1.50. The molecule has 0 aliphatic carbocycles. The van der Waals surface area contributed by atoms with Gasteiger partial charge in [-0.05, 0) is 12.5 Å². The summed E-state index contributed by atoms with van der Waals surface area (Å²) in [6.07, 6.45) is -1.48. The number of hydrogen-bond acceptors (Lipinski definition) is 1. The van der Waals surface area contributed by atoms with Gasteiger partial charge < -0.3 is 0 Å². The first-order valence-corrected chi connectivity index (χ1v) is 3.89. The second-order valence-corrected chi connectivity index (χ2v) is 2.46. The molecule has 0 saturated carbocycles. The average molecular weight is 201 g/mol. The van der Waals surface area contributed by atoms with E-state index in [-0.39, 0.29) is 12.0 Å². The zero-order chi connectivity index (χ0) is 11.2. The molecule has 0 fully saturated rings. The highest BCUT2D eigenvalue weighted by Gasteiger charge is 2.34. The first-order valence-electron chi connectivity index (χ1n) is 3.89. The Morgan fingerprint density at radius 2 is 2.07 bits per heavy atom. The van der Waals surface area contributed by atoms with Gasteiger partial charge in [0.05, 0.1) is 18.1 Å². The van der Waals surface area contributed by atoms with E-state index in [1.54, 1.807) is 6.07 Å². The molecule has 0 saturated heterocycles. The van der Waals surface area contributed by atoms with Crippen LogP contribution in [-0.4, -0.2) is 6.18 Å². The summed E-state index contributed by atoms with van der Waals surface area (Å²) in [5, 5.41) is 8.34. The zero-order valence-electron chi connectivity index (χ0n) is 7.73. The molecule has 1 nitrogen and oxygen atoms in total. The molecule has 0 rings (SSSR count). The van der Waals surface area contributed by atoms with Gasteiger partial charge in [-0.15, -0.1) is 0 Å². The van der Waals surface area contributed by atoms with E-state index in [2.05, 4.69) is 6.58 Å². The van der Waals surface area contributed by atoms with Gasteiger partial charge in [-0.3, -0.25) is 0 Å². The molecule has 0 aromatic carbocycles. The molecule has 0 aliphatic rings. The molecule has 0 atom stereocenters. The molecular formula is C10H10F3N. The molecule has 0 aliphatic heterocycles. The highest BCUT2D eigenvalue weighted by atomic mass is 19.4. The second kappa shape index (κ2) is 5.28. The zero-order valence-corrected chi connectivity index (χ0v) is 7.73. The smallest absolute Gasteiger partial charge is 0.198 e. The summed E-state index contributed by atoms with van der Waals surface area (Å²) in [6.45, 7) is 4.67. The molecule has 0 heterocycles. The van der Waals surface area contributed by atoms with Crippen LogP contribution < -0.4 is 0 Å². The molecule has 76 valence electrons. The lowest BCUT2D eigenvalue weighted by molar-refractivity contribution is -0.0894. The van der Waals surface area contributed by atoms with Crippen LogP contribution in [-0.2, 0) is 0 Å². The van der Waals surface area contributed by atoms with Crippen LogP contribution in [0.3, 0.4) is 0 Å². The lowest BCUT2D eigenvalue weighted by atomic mass is 10.0. The summed E-state index contributed by atoms with van der Waals surface area (Å²) < 4.78 is 37.2. The van der Waals surface area contributed by atoms with Gasteiger partial charge in [0.2, 0.25) is 0 Å². The van der Waals surface area contributed by atoms with Crippen molar-refractivity contribution in [1.82, 2.24) is 0 Å². The lowest BCUT2D eigenvalue weighted by Gasteiger charge is -2.12. The van der Waals surface area contributed by atoms with Gasteiger partial charge in [0, 0.05) is 0 Å². The van der Waals surface area contributed by atoms with E-state index in [1.807, 2.05) is 0 Å². The molecule has 0 spiro atoms. The number of nitriles is 1. The Kier molecular flexibility index (Phi) is 4.71. The number of rotatable bonds is 3. The van der Waals surface area contributed by atoms with Crippen molar-refractivity contribution in [3.05, 3.63) is 36.0 Å². The Bertz CT molecular complexity index is 302. The molecule has 0 N–H and O–H groups in total. The highest BCUT2D eigenvalue weighted by Crippen LogP contribution is 2.32. The molecule has 0 bridgehead atoms. The Morgan fingerprint density at radius 1 is 1.50 bits per heavy atom. The summed E-state index contributed by atoms with van der Waals surface area (Å²) in [6, 6.07) is 1.69. The van der Waals surface area contributed by atoms with Crippen LogP contribution in [0.4, 0.5) is 13.2 Å². The fourth-order valence-corrected chi connectivity index (χ4v) is 0.939. The Morgan fingerprint density at radius 3 is 2.36 bits per heavy atom. The Balaban J connectivity index is 5.14. The van der Waals surface area contributed by atoms with E-state index in [0.29, 0.717) is 0 Å². The quantitative estimate of drug-likeness (QED) is 0.641. The first-order chi connectivity index (χ1) is 6.47. The van der Waals surface area contributed by atoms with Crippen molar-refractivity contribution in [3.8, 4) is 6.07 Å². The van der Waals surface area contributed by atoms with E-state index in [0.717, 1.165) is 12.2 Å². The summed E-state index contributed by atoms with van der Waals surface area (Å²) in [5.74, 6) is 0. The van der Waals surface area contributed by atoms with Crippen LogP contribution in [0.5, 0.6) is 0 Å². The van der Waals surface area contributed by atoms with Gasteiger partial charge in [0.15, 0.2) is 0 Å². The minimum Gasteiger partial charge on any atom is -0.198 e. The molecule has 0 aromatic heterocycles. The van der Waals surface area contributed by atoms with Crippen LogP contribution in [0.2, 0.25) is 0 Å². The monoisotopic (exact) mass is 201 g/mol. The standard InChI is InChI=1S/C10H10F3N/c1-3-5-9(10(11,12)13)8(4-2)6-7-14/h3-5H,1,6H2,2H3/b8-4-,9-5+. The van der Waals surface area contributed by atoms with Crippen molar-refractivity contribution in [3.63, 3.8) is 0 Å². The molecule has 0 unspecified atom stereocenters. The van der Waals surface area contributed by atoms with Crippen molar-refractivity contribution >= 4 is 0 Å². The van der Waals surface area contributed by atoms with E-state index < -0.39 is 11.7 Å². The van der Waals surface area contributed by atoms with Crippen molar-refractivity contribution < 1.29 is 13.2 Å². The number of alkyl halides is 3. The van der Waals surface area contributed by atoms with Crippen LogP contribution >= 0.6 is 0 Å². The topological polar surface area (TPSA) is 23.8 Å². The molecule has 0 radical (unpaired) electrons. The summed E-state index contributed by atoms with van der Waals surface area (Å²) in [5.41, 5.74) is -0.837. The van der Waals surface area contributed by atoms with Crippen LogP contribution in [0.1, 0.15) is 13.3 Å². The minimum absolute atomic E-state index is 0.0279. The fourth-order valence-electron chi connectivity index (χ4n) is 0.939. The average Bonchev–Trinajstić information content (AvgIpc) is 2.09. The largest absolute Gasteiger partial charge is 0.416 e. The maximum atomic E-state index is 12.4. The third kappa shape index (κ3) is 3.48. The SMILES string of the molecule is C=C/C=C(\C(=C/C)CC#N)C(F)(F)F. The van der Waals surface area contributed by atoms with E-state index >= 15 is 0 Å². The van der Waals surface area contributed by atoms with Crippen molar-refractivity contribution in [2.75, 3.05) is 0 Å². The second-order valence-electron chi connectivity index (χ2n) is 2.46. The minimum atomic E-state index is -4.44. The molecule has 0 aromatic rings. The number of nitrogens with zero attached hydrogens (tertiary/aromatic N) is 1. The van der Waals surface area contributed by atoms with Crippen molar-refractivity contribution in [1.29, 1.82) is 5.26 Å². The molecule has 14 heavy (non-hydrogen) atoms. The van der Waals surface area contributed by atoms with Crippen molar-refractivity contribution in [2.24, 2.45) is 0 Å². The number of allylic oxidation sites excluding steroid dienone is 5. The van der Waals surface area contributed by atoms with Crippen LogP contribution in [0, 0.1) is 11.3 Å². The van der Waals surface area contributed by atoms with Gasteiger partial charge in [-0.1, -0.05) is 24.8 Å². The van der Waals surface area contributed by atoms with E-state index in [1.165, 1.54) is 13.0 Å². The van der Waals surface area contributed by atoms with E-state index in [4.69, 9.17) is 5.26 Å². The third-order valence-corrected chi connectivity index (χ3v) is 1.55.